The summed E-state index contributed by atoms with van der Waals surface area (Å²) in [6.07, 6.45) is 1.74. The molecule has 3 aliphatic carbocycles. The van der Waals surface area contributed by atoms with Gasteiger partial charge in [-0.3, -0.25) is 19.2 Å². The number of nitrogens with one attached hydrogen (secondary N) is 1. The zero-order valence-corrected chi connectivity index (χ0v) is 43.9. The van der Waals surface area contributed by atoms with Crippen LogP contribution in [-0.4, -0.2) is 101 Å². The van der Waals surface area contributed by atoms with E-state index in [-0.39, 0.29) is 47.3 Å². The van der Waals surface area contributed by atoms with Gasteiger partial charge in [0.15, 0.2) is 35.7 Å². The number of rotatable bonds is 10. The van der Waals surface area contributed by atoms with Crippen LogP contribution in [0.25, 0.3) is 0 Å². The predicted octanol–water partition coefficient (Wildman–Crippen LogP) is 7.04. The number of fused-ring (bicyclic) bond motifs is 6. The van der Waals surface area contributed by atoms with Crippen molar-refractivity contribution < 1.29 is 91.1 Å². The van der Waals surface area contributed by atoms with Gasteiger partial charge in [0.25, 0.3) is 0 Å². The molecule has 0 radical (unpaired) electrons. The first-order chi connectivity index (χ1) is 34.6. The van der Waals surface area contributed by atoms with Gasteiger partial charge in [0.1, 0.15) is 0 Å². The van der Waals surface area contributed by atoms with Crippen LogP contribution in [0, 0.1) is 65.1 Å². The zero-order valence-electron chi connectivity index (χ0n) is 43.9. The van der Waals surface area contributed by atoms with Crippen LogP contribution in [-0.2, 0) is 91.1 Å². The normalized spacial score (nSPS) is 52.9. The van der Waals surface area contributed by atoms with Gasteiger partial charge in [-0.25, -0.2) is 29.3 Å². The first-order valence-electron chi connectivity index (χ1n) is 27.6. The van der Waals surface area contributed by atoms with Crippen molar-refractivity contribution in [3.05, 3.63) is 0 Å². The van der Waals surface area contributed by atoms with Crippen molar-refractivity contribution in [2.45, 2.75) is 242 Å². The van der Waals surface area contributed by atoms with E-state index in [1.165, 1.54) is 6.92 Å². The highest BCUT2D eigenvalue weighted by Gasteiger charge is 2.73. The minimum absolute atomic E-state index is 0.0804. The fourth-order valence-corrected chi connectivity index (χ4v) is 16.7. The summed E-state index contributed by atoms with van der Waals surface area (Å²) in [6, 6.07) is 0. The summed E-state index contributed by atoms with van der Waals surface area (Å²) in [7, 11) is 0. The van der Waals surface area contributed by atoms with Gasteiger partial charge in [0.2, 0.25) is 42.1 Å². The van der Waals surface area contributed by atoms with Gasteiger partial charge < -0.3 is 47.9 Å². The highest BCUT2D eigenvalue weighted by molar-refractivity contribution is 5.83. The predicted molar refractivity (Wildman–Crippen MR) is 245 cm³/mol. The SMILES string of the molecule is CC(=O)NC(CC(=O)OC1C[C@@H]2CC[C@@H](C)[C@@H]3CC[C@]4(C)OO[C@@]23[C@H](O1)O4)(CC(=O)OC1O[C@@H]2O[C@]3(C)CC[C@H]4[C@H](C)CC[C@@H]([C@H]1C)[C@@]24OO3)CC(=O)OC1O[C@@H]2O[C@]3(C)CC[C@H]4[C@H](C)CC[C@@H]([C@H]1C)[C@@]24OO3. The van der Waals surface area contributed by atoms with E-state index in [0.717, 1.165) is 57.8 Å². The summed E-state index contributed by atoms with van der Waals surface area (Å²) < 4.78 is 57.9. The Labute approximate surface area is 426 Å². The molecule has 12 saturated heterocycles. The van der Waals surface area contributed by atoms with Crippen molar-refractivity contribution in [2.75, 3.05) is 0 Å². The average molecular weight is 1030 g/mol. The minimum atomic E-state index is -1.93. The van der Waals surface area contributed by atoms with Gasteiger partial charge in [-0.05, 0) is 114 Å². The van der Waals surface area contributed by atoms with E-state index in [1.54, 1.807) is 0 Å². The summed E-state index contributed by atoms with van der Waals surface area (Å²) in [5.41, 5.74) is -4.64. The Morgan fingerprint density at radius 3 is 1.34 bits per heavy atom. The molecule has 15 rings (SSSR count). The summed E-state index contributed by atoms with van der Waals surface area (Å²) in [6.45, 7) is 17.3. The van der Waals surface area contributed by atoms with Gasteiger partial charge in [-0.1, -0.05) is 34.6 Å². The largest absolute Gasteiger partial charge is 0.436 e. The first-order valence-corrected chi connectivity index (χ1v) is 27.6. The number of hydrogen-bond donors (Lipinski definition) is 1. The van der Waals surface area contributed by atoms with Crippen molar-refractivity contribution in [1.29, 1.82) is 0 Å². The van der Waals surface area contributed by atoms with Gasteiger partial charge in [-0.2, -0.15) is 0 Å². The Hall–Kier alpha value is -2.60. The van der Waals surface area contributed by atoms with Crippen LogP contribution in [0.4, 0.5) is 0 Å². The molecule has 0 aromatic carbocycles. The van der Waals surface area contributed by atoms with Gasteiger partial charge in [0.05, 0.1) is 24.8 Å². The molecule has 408 valence electrons. The molecule has 6 bridgehead atoms. The van der Waals surface area contributed by atoms with Crippen molar-refractivity contribution in [2.24, 2.45) is 65.1 Å². The lowest BCUT2D eigenvalue weighted by molar-refractivity contribution is -0.576. The highest BCUT2D eigenvalue weighted by atomic mass is 17.3. The fraction of sp³-hybridized carbons (Fsp3) is 0.925. The lowest BCUT2D eigenvalue weighted by Crippen LogP contribution is -2.70. The van der Waals surface area contributed by atoms with Crippen LogP contribution in [0.3, 0.4) is 0 Å². The van der Waals surface area contributed by atoms with Gasteiger partial charge >= 0.3 is 17.9 Å². The summed E-state index contributed by atoms with van der Waals surface area (Å²) in [5.74, 6) is -6.30. The average Bonchev–Trinajstić information content (AvgIpc) is 3.80. The summed E-state index contributed by atoms with van der Waals surface area (Å²) >= 11 is 0. The topological polar surface area (TPSA) is 219 Å². The second-order valence-corrected chi connectivity index (χ2v) is 25.3. The second kappa shape index (κ2) is 18.0. The van der Waals surface area contributed by atoms with E-state index in [2.05, 4.69) is 26.1 Å². The van der Waals surface area contributed by atoms with E-state index < -0.39 is 121 Å². The minimum Gasteiger partial charge on any atom is -0.436 e. The van der Waals surface area contributed by atoms with E-state index in [9.17, 15) is 19.2 Å². The third kappa shape index (κ3) is 8.17. The molecular weight excluding hydrogens is 955 g/mol. The number of hydrogen-bond acceptors (Lipinski definition) is 19. The molecular formula is C53H77NO19. The fourth-order valence-electron chi connectivity index (χ4n) is 16.7. The van der Waals surface area contributed by atoms with Crippen molar-refractivity contribution in [3.63, 3.8) is 0 Å². The Bertz CT molecular complexity index is 2100. The smallest absolute Gasteiger partial charge is 0.310 e. The van der Waals surface area contributed by atoms with Crippen LogP contribution in [0.2, 0.25) is 0 Å². The number of amides is 1. The van der Waals surface area contributed by atoms with Crippen LogP contribution >= 0.6 is 0 Å². The Balaban J connectivity index is 0.810. The molecule has 0 aromatic heterocycles. The number of esters is 3. The monoisotopic (exact) mass is 1030 g/mol. The standard InChI is InChI=1S/C53H77NO19/c1-26-10-13-32-22-41(62-44-51(32)33(26)16-19-47(7,65-44)68-71-51)59-38(56)23-50(54-31(6)55,24-39(57)60-42-29(4)36-14-11-27(2)34-17-20-48(8)66-45(63-42)52(34,36)72-69-48)25-40(58)61-43-30(5)37-15-12-28(3)35-18-21-49(9)67-46(64-43)53(35,37)73-70-49/h26-30,32-37,41-46H,10-25H2,1-9H3,(H,54,55)/t26-,27-,28-,29-,30-,32+,33+,34+,35+,36+,37+,41?,42?,43?,44-,45-,46-,47+,48+,49+,50?,51+,52-,53-/m1/s1. The van der Waals surface area contributed by atoms with E-state index in [1.807, 2.05) is 34.6 Å². The lowest BCUT2D eigenvalue weighted by atomic mass is 9.58. The van der Waals surface area contributed by atoms with Gasteiger partial charge in [-0.15, -0.1) is 0 Å². The molecule has 73 heavy (non-hydrogen) atoms. The lowest BCUT2D eigenvalue weighted by Gasteiger charge is -2.60. The quantitative estimate of drug-likeness (QED) is 0.132. The Morgan fingerprint density at radius 2 is 0.890 bits per heavy atom. The zero-order chi connectivity index (χ0) is 51.3. The third-order valence-corrected chi connectivity index (χ3v) is 20.5. The van der Waals surface area contributed by atoms with Crippen LogP contribution in [0.1, 0.15) is 165 Å². The molecule has 3 saturated carbocycles. The molecule has 3 spiro atoms. The highest BCUT2D eigenvalue weighted by Crippen LogP contribution is 2.63. The molecule has 15 aliphatic rings. The van der Waals surface area contributed by atoms with E-state index in [0.29, 0.717) is 43.4 Å². The van der Waals surface area contributed by atoms with Crippen molar-refractivity contribution in [3.8, 4) is 0 Å². The molecule has 23 atom stereocenters. The van der Waals surface area contributed by atoms with E-state index >= 15 is 0 Å². The van der Waals surface area contributed by atoms with Crippen LogP contribution in [0.5, 0.6) is 0 Å². The maximum atomic E-state index is 14.7. The third-order valence-electron chi connectivity index (χ3n) is 20.5. The molecule has 12 aliphatic heterocycles. The molecule has 12 heterocycles. The van der Waals surface area contributed by atoms with Crippen molar-refractivity contribution in [1.82, 2.24) is 5.32 Å². The van der Waals surface area contributed by atoms with E-state index in [4.69, 9.17) is 72.0 Å². The van der Waals surface area contributed by atoms with Gasteiger partial charge in [0, 0.05) is 62.2 Å². The molecule has 1 amide bonds. The molecule has 20 heteroatoms. The Morgan fingerprint density at radius 1 is 0.493 bits per heavy atom. The number of ether oxygens (including phenoxy) is 9. The summed E-state index contributed by atoms with van der Waals surface area (Å²) in [4.78, 5) is 94.3. The number of carbonyl (C=O) groups is 4. The van der Waals surface area contributed by atoms with Crippen molar-refractivity contribution >= 4 is 23.8 Å². The molecule has 15 fully saturated rings. The second-order valence-electron chi connectivity index (χ2n) is 25.3. The van der Waals surface area contributed by atoms with Crippen LogP contribution in [0.15, 0.2) is 0 Å². The molecule has 0 aromatic rings. The maximum absolute atomic E-state index is 14.7. The number of carbonyl (C=O) groups excluding carboxylic acids is 4. The molecule has 1 N–H and O–H groups in total. The molecule has 3 unspecified atom stereocenters. The Kier molecular flexibility index (Phi) is 12.6. The van der Waals surface area contributed by atoms with Crippen LogP contribution < -0.4 is 5.32 Å². The first kappa shape index (κ1) is 51.2. The summed E-state index contributed by atoms with van der Waals surface area (Å²) in [5, 5.41) is 2.83. The maximum Gasteiger partial charge on any atom is 0.310 e. The molecule has 20 nitrogen and oxygen atoms in total.